The van der Waals surface area contributed by atoms with Gasteiger partial charge in [-0.3, -0.25) is 0 Å². The van der Waals surface area contributed by atoms with Gasteiger partial charge in [0, 0.05) is 32.7 Å². The number of hydrogen-bond donors (Lipinski definition) is 1. The van der Waals surface area contributed by atoms with Crippen molar-refractivity contribution in [1.82, 2.24) is 0 Å². The van der Waals surface area contributed by atoms with Gasteiger partial charge in [-0.2, -0.15) is 0 Å². The molecular weight excluding hydrogens is 580 g/mol. The van der Waals surface area contributed by atoms with Gasteiger partial charge in [0.25, 0.3) is 0 Å². The Balaban J connectivity index is 0.000000178. The second kappa shape index (κ2) is 11.0. The lowest BCUT2D eigenvalue weighted by atomic mass is 9.71. The number of hydrogen-bond acceptors (Lipinski definition) is 6. The Labute approximate surface area is 271 Å². The van der Waals surface area contributed by atoms with Gasteiger partial charge in [-0.1, -0.05) is 69.2 Å². The van der Waals surface area contributed by atoms with Crippen LogP contribution in [-0.2, 0) is 9.47 Å². The Morgan fingerprint density at radius 3 is 1.53 bits per heavy atom. The average molecular weight is 631 g/mol. The largest absolute Gasteiger partial charge is 0.553 e. The number of phenols is 1. The van der Waals surface area contributed by atoms with Crippen molar-refractivity contribution >= 4 is 43.9 Å². The fourth-order valence-corrected chi connectivity index (χ4v) is 7.70. The predicted octanol–water partition coefficient (Wildman–Crippen LogP) is 9.47. The first-order valence-electron chi connectivity index (χ1n) is 15.8. The molecule has 4 heterocycles. The lowest BCUT2D eigenvalue weighted by Crippen LogP contribution is -2.24. The highest BCUT2D eigenvalue weighted by atomic mass is 28.2. The smallest absolute Gasteiger partial charge is 0.204 e. The van der Waals surface area contributed by atoms with Crippen LogP contribution in [0.5, 0.6) is 11.5 Å². The van der Waals surface area contributed by atoms with Crippen LogP contribution in [0.1, 0.15) is 91.9 Å². The quantitative estimate of drug-likeness (QED) is 0.227. The van der Waals surface area contributed by atoms with Gasteiger partial charge >= 0.3 is 0 Å². The van der Waals surface area contributed by atoms with Gasteiger partial charge in [0.2, 0.25) is 10.5 Å². The molecule has 1 N–H and O–H groups in total. The minimum Gasteiger partial charge on any atom is -0.553 e. The minimum absolute atomic E-state index is 0.00286. The van der Waals surface area contributed by atoms with Gasteiger partial charge in [0.15, 0.2) is 23.0 Å². The Morgan fingerprint density at radius 2 is 1.11 bits per heavy atom. The molecule has 0 fully saturated rings. The zero-order valence-corrected chi connectivity index (χ0v) is 31.4. The van der Waals surface area contributed by atoms with Gasteiger partial charge in [0.1, 0.15) is 22.7 Å². The fraction of sp³-hybridized carbons (Fsp3) is 0.474. The van der Waals surface area contributed by atoms with Crippen molar-refractivity contribution in [2.45, 2.75) is 83.1 Å². The molecule has 2 aromatic carbocycles. The normalized spacial score (nSPS) is 18.0. The second-order valence-electron chi connectivity index (χ2n) is 15.9. The number of benzene rings is 2. The van der Waals surface area contributed by atoms with Crippen molar-refractivity contribution in [3.63, 3.8) is 0 Å². The first-order chi connectivity index (χ1) is 20.8. The maximum Gasteiger partial charge on any atom is 0.204 e. The summed E-state index contributed by atoms with van der Waals surface area (Å²) in [5, 5.41) is 11.7. The lowest BCUT2D eigenvalue weighted by molar-refractivity contribution is 0.210. The second-order valence-corrected chi connectivity index (χ2v) is 16.3. The van der Waals surface area contributed by atoms with E-state index in [1.54, 1.807) is 18.2 Å². The molecule has 0 aliphatic carbocycles. The van der Waals surface area contributed by atoms with Crippen LogP contribution >= 0.6 is 0 Å². The zero-order chi connectivity index (χ0) is 33.3. The van der Waals surface area contributed by atoms with E-state index in [-0.39, 0.29) is 27.4 Å². The highest BCUT2D eigenvalue weighted by molar-refractivity contribution is 6.00. The molecule has 0 saturated carbocycles. The van der Waals surface area contributed by atoms with Crippen LogP contribution in [0.25, 0.3) is 33.5 Å². The molecule has 0 saturated heterocycles. The van der Waals surface area contributed by atoms with Crippen LogP contribution < -0.4 is 4.43 Å². The van der Waals surface area contributed by atoms with E-state index >= 15 is 0 Å². The van der Waals surface area contributed by atoms with E-state index < -0.39 is 0 Å². The summed E-state index contributed by atoms with van der Waals surface area (Å²) in [7, 11) is 0.684. The molecule has 6 rings (SSSR count). The van der Waals surface area contributed by atoms with E-state index in [0.29, 0.717) is 23.7 Å². The number of rotatable bonds is 3. The molecule has 0 unspecified atom stereocenters. The fourth-order valence-electron chi connectivity index (χ4n) is 7.45. The minimum atomic E-state index is -0.0128. The van der Waals surface area contributed by atoms with Crippen LogP contribution in [0.3, 0.4) is 0 Å². The number of fused-ring (bicyclic) bond motifs is 2. The number of ether oxygens (including phenoxy) is 2. The monoisotopic (exact) mass is 630 g/mol. The molecule has 7 heteroatoms. The molecule has 2 aliphatic rings. The number of aryl methyl sites for hydroxylation is 2. The third-order valence-electron chi connectivity index (χ3n) is 8.94. The molecule has 4 aromatic rings. The van der Waals surface area contributed by atoms with Crippen LogP contribution in [0.15, 0.2) is 56.4 Å². The Morgan fingerprint density at radius 1 is 0.689 bits per heavy atom. The molecule has 0 bridgehead atoms. The topological polar surface area (TPSA) is 74.2 Å². The first kappa shape index (κ1) is 32.8. The van der Waals surface area contributed by atoms with E-state index in [2.05, 4.69) is 82.2 Å². The average Bonchev–Trinajstić information content (AvgIpc) is 3.64. The molecule has 2 aromatic heterocycles. The van der Waals surface area contributed by atoms with Gasteiger partial charge < -0.3 is 27.8 Å². The highest BCUT2D eigenvalue weighted by Crippen LogP contribution is 2.52. The van der Waals surface area contributed by atoms with Gasteiger partial charge in [0.05, 0.1) is 13.2 Å². The summed E-state index contributed by atoms with van der Waals surface area (Å²) in [5.41, 5.74) is 6.44. The number of phenolic OH excluding ortho intramolecular Hbond substituents is 1. The number of furan rings is 2. The van der Waals surface area contributed by atoms with Crippen molar-refractivity contribution in [1.29, 1.82) is 0 Å². The summed E-state index contributed by atoms with van der Waals surface area (Å²) in [4.78, 5) is 0. The van der Waals surface area contributed by atoms with Crippen molar-refractivity contribution in [2.75, 3.05) is 13.2 Å². The summed E-state index contributed by atoms with van der Waals surface area (Å²) in [6, 6.07) is 11.2. The van der Waals surface area contributed by atoms with Crippen LogP contribution in [0, 0.1) is 35.5 Å². The number of aromatic hydroxyl groups is 1. The molecule has 0 spiro atoms. The third-order valence-corrected chi connectivity index (χ3v) is 9.41. The van der Waals surface area contributed by atoms with Crippen molar-refractivity contribution in [3.05, 3.63) is 70.2 Å². The maximum atomic E-state index is 9.71. The van der Waals surface area contributed by atoms with Crippen LogP contribution in [0.4, 0.5) is 0 Å². The molecule has 0 atom stereocenters. The standard InChI is InChI=1S/C19H26O3Si.C19H24O3/c1-11-13-9-12(22-23)7-8-14(13)21-15(11)16-17(18(2,3)4)19(5,6)10-20-16;1-11-13-9-12(20)7-8-14(13)22-15(11)16-17(18(2,3)4)19(5,6)10-21-16/h7-9H,10H2,1-6,23H3;7-9,20H,10H2,1-6H3. The molecule has 2 aliphatic heterocycles. The van der Waals surface area contributed by atoms with Crippen molar-refractivity contribution in [2.24, 2.45) is 21.7 Å². The zero-order valence-electron chi connectivity index (χ0n) is 29.4. The van der Waals surface area contributed by atoms with E-state index in [9.17, 15) is 5.11 Å². The predicted molar refractivity (Wildman–Crippen MR) is 186 cm³/mol. The van der Waals surface area contributed by atoms with E-state index in [4.69, 9.17) is 22.7 Å². The van der Waals surface area contributed by atoms with Gasteiger partial charge in [-0.25, -0.2) is 0 Å². The van der Waals surface area contributed by atoms with Crippen molar-refractivity contribution < 1.29 is 27.8 Å². The van der Waals surface area contributed by atoms with E-state index in [0.717, 1.165) is 61.9 Å². The van der Waals surface area contributed by atoms with E-state index in [1.807, 2.05) is 19.1 Å². The highest BCUT2D eigenvalue weighted by Gasteiger charge is 2.44. The summed E-state index contributed by atoms with van der Waals surface area (Å²) in [6.45, 7) is 27.7. The molecular formula is C38H50O6Si. The third kappa shape index (κ3) is 5.92. The van der Waals surface area contributed by atoms with Crippen molar-refractivity contribution in [3.8, 4) is 11.5 Å². The molecule has 0 amide bonds. The molecule has 6 nitrogen and oxygen atoms in total. The van der Waals surface area contributed by atoms with Crippen LogP contribution in [0.2, 0.25) is 0 Å². The Hall–Kier alpha value is -3.58. The maximum absolute atomic E-state index is 9.71. The van der Waals surface area contributed by atoms with Crippen LogP contribution in [-0.4, -0.2) is 28.8 Å². The lowest BCUT2D eigenvalue weighted by Gasteiger charge is -2.30. The van der Waals surface area contributed by atoms with Gasteiger partial charge in [-0.15, -0.1) is 0 Å². The van der Waals surface area contributed by atoms with Gasteiger partial charge in [-0.05, 0) is 72.2 Å². The molecule has 242 valence electrons. The first-order valence-corrected chi connectivity index (χ1v) is 16.6. The Bertz CT molecular complexity index is 1830. The SMILES string of the molecule is Cc1c(C2=C(C(C)(C)C)C(C)(C)CO2)oc2ccc(O)cc12.Cc1c(C2=C(C(C)(C)C)C(C)(C)CO2)oc2ccc(O[SiH3])cc12. The summed E-state index contributed by atoms with van der Waals surface area (Å²) < 4.78 is 29.9. The summed E-state index contributed by atoms with van der Waals surface area (Å²) in [5.74, 6) is 4.59. The molecule has 0 radical (unpaired) electrons. The summed E-state index contributed by atoms with van der Waals surface area (Å²) in [6.07, 6.45) is 0. The summed E-state index contributed by atoms with van der Waals surface area (Å²) >= 11 is 0. The molecule has 45 heavy (non-hydrogen) atoms. The Kier molecular flexibility index (Phi) is 8.05. The van der Waals surface area contributed by atoms with E-state index in [1.165, 1.54) is 11.1 Å².